The van der Waals surface area contributed by atoms with E-state index in [1.807, 2.05) is 18.2 Å². The Morgan fingerprint density at radius 1 is 1.44 bits per heavy atom. The molecule has 1 fully saturated rings. The zero-order chi connectivity index (χ0) is 13.2. The lowest BCUT2D eigenvalue weighted by atomic mass is 9.75. The second-order valence-electron chi connectivity index (χ2n) is 5.21. The van der Waals surface area contributed by atoms with E-state index in [9.17, 15) is 4.79 Å². The minimum Gasteiger partial charge on any atom is -0.350 e. The summed E-state index contributed by atoms with van der Waals surface area (Å²) in [4.78, 5) is 15.1. The highest BCUT2D eigenvalue weighted by molar-refractivity contribution is 7.80. The average molecular weight is 264 g/mol. The van der Waals surface area contributed by atoms with Gasteiger partial charge in [-0.05, 0) is 51.6 Å². The SMILES string of the molecule is CN(C)C1(CNC(=O)c2cccc(S)c2)CCC1. The molecule has 0 aliphatic heterocycles. The van der Waals surface area contributed by atoms with E-state index in [0.717, 1.165) is 24.3 Å². The Hall–Kier alpha value is -1.00. The van der Waals surface area contributed by atoms with Gasteiger partial charge in [0.2, 0.25) is 0 Å². The number of likely N-dealkylation sites (N-methyl/N-ethyl adjacent to an activating group) is 1. The fourth-order valence-electron chi connectivity index (χ4n) is 2.36. The molecule has 0 radical (unpaired) electrons. The van der Waals surface area contributed by atoms with E-state index in [1.165, 1.54) is 6.42 Å². The number of hydrogen-bond donors (Lipinski definition) is 2. The van der Waals surface area contributed by atoms with Crippen LogP contribution >= 0.6 is 12.6 Å². The number of carbonyl (C=O) groups is 1. The van der Waals surface area contributed by atoms with E-state index in [2.05, 4.69) is 36.9 Å². The molecular formula is C14H20N2OS. The Morgan fingerprint density at radius 3 is 2.67 bits per heavy atom. The molecule has 1 amide bonds. The zero-order valence-electron chi connectivity index (χ0n) is 10.9. The molecular weight excluding hydrogens is 244 g/mol. The van der Waals surface area contributed by atoms with Gasteiger partial charge < -0.3 is 10.2 Å². The largest absolute Gasteiger partial charge is 0.350 e. The van der Waals surface area contributed by atoms with Gasteiger partial charge in [0.05, 0.1) is 0 Å². The second kappa shape index (κ2) is 5.33. The molecule has 2 rings (SSSR count). The third kappa shape index (κ3) is 2.70. The van der Waals surface area contributed by atoms with Gasteiger partial charge in [-0.1, -0.05) is 6.07 Å². The monoisotopic (exact) mass is 264 g/mol. The number of rotatable bonds is 4. The highest BCUT2D eigenvalue weighted by Crippen LogP contribution is 2.35. The minimum absolute atomic E-state index is 0.0148. The highest BCUT2D eigenvalue weighted by atomic mass is 32.1. The summed E-state index contributed by atoms with van der Waals surface area (Å²) in [6.07, 6.45) is 3.57. The van der Waals surface area contributed by atoms with Crippen LogP contribution in [0.3, 0.4) is 0 Å². The molecule has 3 nitrogen and oxygen atoms in total. The number of nitrogens with one attached hydrogen (secondary N) is 1. The van der Waals surface area contributed by atoms with Crippen LogP contribution in [0.2, 0.25) is 0 Å². The summed E-state index contributed by atoms with van der Waals surface area (Å²) in [6.45, 7) is 0.718. The van der Waals surface area contributed by atoms with Crippen molar-refractivity contribution in [1.82, 2.24) is 10.2 Å². The Morgan fingerprint density at radius 2 is 2.17 bits per heavy atom. The topological polar surface area (TPSA) is 32.3 Å². The standard InChI is InChI=1S/C14H20N2OS/c1-16(2)14(7-4-8-14)10-15-13(17)11-5-3-6-12(18)9-11/h3,5-6,9,18H,4,7-8,10H2,1-2H3,(H,15,17). The molecule has 4 heteroatoms. The van der Waals surface area contributed by atoms with Crippen molar-refractivity contribution in [3.8, 4) is 0 Å². The van der Waals surface area contributed by atoms with E-state index in [0.29, 0.717) is 5.56 Å². The van der Waals surface area contributed by atoms with Crippen molar-refractivity contribution in [1.29, 1.82) is 0 Å². The average Bonchev–Trinajstić information content (AvgIpc) is 2.26. The van der Waals surface area contributed by atoms with Crippen LogP contribution < -0.4 is 5.32 Å². The van der Waals surface area contributed by atoms with E-state index < -0.39 is 0 Å². The fourth-order valence-corrected chi connectivity index (χ4v) is 2.59. The van der Waals surface area contributed by atoms with Gasteiger partial charge in [0.25, 0.3) is 5.91 Å². The Labute approximate surface area is 114 Å². The van der Waals surface area contributed by atoms with Crippen LogP contribution in [0.4, 0.5) is 0 Å². The van der Waals surface area contributed by atoms with Gasteiger partial charge >= 0.3 is 0 Å². The normalized spacial score (nSPS) is 17.3. The summed E-state index contributed by atoms with van der Waals surface area (Å²) in [5, 5.41) is 3.04. The van der Waals surface area contributed by atoms with Crippen LogP contribution in [0.1, 0.15) is 29.6 Å². The van der Waals surface area contributed by atoms with Crippen molar-refractivity contribution in [2.75, 3.05) is 20.6 Å². The van der Waals surface area contributed by atoms with Gasteiger partial charge in [0.15, 0.2) is 0 Å². The third-order valence-corrected chi connectivity index (χ3v) is 4.20. The molecule has 0 heterocycles. The lowest BCUT2D eigenvalue weighted by Gasteiger charge is -2.47. The maximum atomic E-state index is 12.0. The van der Waals surface area contributed by atoms with Gasteiger partial charge in [-0.2, -0.15) is 0 Å². The maximum absolute atomic E-state index is 12.0. The number of nitrogens with zero attached hydrogens (tertiary/aromatic N) is 1. The Bertz CT molecular complexity index is 441. The van der Waals surface area contributed by atoms with Crippen molar-refractivity contribution >= 4 is 18.5 Å². The molecule has 1 saturated carbocycles. The predicted octanol–water partition coefficient (Wildman–Crippen LogP) is 2.19. The van der Waals surface area contributed by atoms with Crippen molar-refractivity contribution in [2.24, 2.45) is 0 Å². The quantitative estimate of drug-likeness (QED) is 0.817. The van der Waals surface area contributed by atoms with Gasteiger partial charge in [-0.15, -0.1) is 12.6 Å². The number of amides is 1. The first-order valence-corrected chi connectivity index (χ1v) is 6.73. The van der Waals surface area contributed by atoms with Crippen LogP contribution in [0, 0.1) is 0 Å². The summed E-state index contributed by atoms with van der Waals surface area (Å²) in [6, 6.07) is 7.33. The molecule has 1 N–H and O–H groups in total. The molecule has 0 unspecified atom stereocenters. The predicted molar refractivity (Wildman–Crippen MR) is 76.3 cm³/mol. The molecule has 18 heavy (non-hydrogen) atoms. The van der Waals surface area contributed by atoms with Gasteiger partial charge in [0.1, 0.15) is 0 Å². The molecule has 0 saturated heterocycles. The lowest BCUT2D eigenvalue weighted by molar-refractivity contribution is 0.0557. The summed E-state index contributed by atoms with van der Waals surface area (Å²) in [7, 11) is 4.17. The summed E-state index contributed by atoms with van der Waals surface area (Å²) in [5.41, 5.74) is 0.838. The summed E-state index contributed by atoms with van der Waals surface area (Å²) < 4.78 is 0. The molecule has 1 aromatic carbocycles. The van der Waals surface area contributed by atoms with Crippen molar-refractivity contribution in [3.63, 3.8) is 0 Å². The smallest absolute Gasteiger partial charge is 0.251 e. The van der Waals surface area contributed by atoms with Gasteiger partial charge in [-0.3, -0.25) is 4.79 Å². The lowest BCUT2D eigenvalue weighted by Crippen LogP contribution is -2.57. The van der Waals surface area contributed by atoms with Crippen molar-refractivity contribution in [3.05, 3.63) is 29.8 Å². The molecule has 0 bridgehead atoms. The third-order valence-electron chi connectivity index (χ3n) is 3.92. The number of thiol groups is 1. The van der Waals surface area contributed by atoms with Crippen LogP contribution in [0.25, 0.3) is 0 Å². The van der Waals surface area contributed by atoms with Gasteiger partial charge in [0, 0.05) is 22.5 Å². The number of carbonyl (C=O) groups excluding carboxylic acids is 1. The molecule has 1 aliphatic carbocycles. The maximum Gasteiger partial charge on any atom is 0.251 e. The molecule has 0 spiro atoms. The first-order chi connectivity index (χ1) is 8.53. The molecule has 0 atom stereocenters. The minimum atomic E-state index is -0.0148. The van der Waals surface area contributed by atoms with E-state index in [1.54, 1.807) is 6.07 Å². The van der Waals surface area contributed by atoms with Crippen molar-refractivity contribution < 1.29 is 4.79 Å². The van der Waals surface area contributed by atoms with Crippen LogP contribution in [0.5, 0.6) is 0 Å². The summed E-state index contributed by atoms with van der Waals surface area (Å²) in [5.74, 6) is -0.0148. The fraction of sp³-hybridized carbons (Fsp3) is 0.500. The van der Waals surface area contributed by atoms with Gasteiger partial charge in [-0.25, -0.2) is 0 Å². The van der Waals surface area contributed by atoms with E-state index in [-0.39, 0.29) is 11.4 Å². The van der Waals surface area contributed by atoms with Crippen LogP contribution in [-0.4, -0.2) is 37.0 Å². The number of benzene rings is 1. The Kier molecular flexibility index (Phi) is 3.97. The highest BCUT2D eigenvalue weighted by Gasteiger charge is 2.39. The summed E-state index contributed by atoms with van der Waals surface area (Å²) >= 11 is 4.25. The molecule has 1 aliphatic rings. The van der Waals surface area contributed by atoms with E-state index >= 15 is 0 Å². The second-order valence-corrected chi connectivity index (χ2v) is 5.72. The molecule has 0 aromatic heterocycles. The zero-order valence-corrected chi connectivity index (χ0v) is 11.8. The van der Waals surface area contributed by atoms with Crippen LogP contribution in [-0.2, 0) is 0 Å². The van der Waals surface area contributed by atoms with Crippen LogP contribution in [0.15, 0.2) is 29.2 Å². The first kappa shape index (κ1) is 13.4. The first-order valence-electron chi connectivity index (χ1n) is 6.28. The van der Waals surface area contributed by atoms with E-state index in [4.69, 9.17) is 0 Å². The van der Waals surface area contributed by atoms with Crippen molar-refractivity contribution in [2.45, 2.75) is 29.7 Å². The molecule has 98 valence electrons. The number of hydrogen-bond acceptors (Lipinski definition) is 3. The molecule has 1 aromatic rings. The Balaban J connectivity index is 1.96.